The third-order valence-electron chi connectivity index (χ3n) is 4.73. The molecule has 2 N–H and O–H groups in total. The lowest BCUT2D eigenvalue weighted by Crippen LogP contribution is -2.45. The fourth-order valence-electron chi connectivity index (χ4n) is 3.28. The molecule has 144 valence electrons. The van der Waals surface area contributed by atoms with Crippen LogP contribution < -0.4 is 10.6 Å². The highest BCUT2D eigenvalue weighted by molar-refractivity contribution is 5.90. The van der Waals surface area contributed by atoms with Crippen LogP contribution in [0.15, 0.2) is 47.1 Å². The van der Waals surface area contributed by atoms with Crippen LogP contribution >= 0.6 is 0 Å². The minimum absolute atomic E-state index is 0.119. The number of hydrogen-bond acceptors (Lipinski definition) is 3. The van der Waals surface area contributed by atoms with Crippen LogP contribution in [0.2, 0.25) is 0 Å². The van der Waals surface area contributed by atoms with E-state index in [4.69, 9.17) is 4.42 Å². The van der Waals surface area contributed by atoms with Gasteiger partial charge in [0.1, 0.15) is 11.6 Å². The third kappa shape index (κ3) is 5.57. The Kier molecular flexibility index (Phi) is 6.46. The van der Waals surface area contributed by atoms with E-state index in [1.54, 1.807) is 35.4 Å². The summed E-state index contributed by atoms with van der Waals surface area (Å²) in [4.78, 5) is 26.2. The molecule has 1 aromatic carbocycles. The minimum Gasteiger partial charge on any atom is -0.467 e. The number of carbonyl (C=O) groups excluding carboxylic acids is 2. The summed E-state index contributed by atoms with van der Waals surface area (Å²) >= 11 is 0. The van der Waals surface area contributed by atoms with Crippen LogP contribution in [0.4, 0.5) is 14.9 Å². The Hall–Kier alpha value is -2.83. The second-order valence-corrected chi connectivity index (χ2v) is 6.76. The summed E-state index contributed by atoms with van der Waals surface area (Å²) in [5.74, 6) is 0.323. The van der Waals surface area contributed by atoms with Crippen molar-refractivity contribution in [2.45, 2.75) is 32.2 Å². The number of nitrogens with one attached hydrogen (secondary N) is 2. The topological polar surface area (TPSA) is 74.6 Å². The van der Waals surface area contributed by atoms with Crippen molar-refractivity contribution in [2.75, 3.05) is 18.4 Å². The number of amides is 3. The molecule has 1 unspecified atom stereocenters. The van der Waals surface area contributed by atoms with E-state index in [1.165, 1.54) is 6.07 Å². The quantitative estimate of drug-likeness (QED) is 0.810. The molecule has 1 aliphatic heterocycles. The second kappa shape index (κ2) is 9.21. The predicted octanol–water partition coefficient (Wildman–Crippen LogP) is 3.76. The maximum absolute atomic E-state index is 13.6. The normalized spacial score (nSPS) is 16.8. The molecule has 2 heterocycles. The first-order valence-corrected chi connectivity index (χ1v) is 9.21. The Morgan fingerprint density at radius 1 is 1.22 bits per heavy atom. The molecule has 0 aliphatic carbocycles. The lowest BCUT2D eigenvalue weighted by Gasteiger charge is -2.32. The van der Waals surface area contributed by atoms with Gasteiger partial charge in [-0.15, -0.1) is 0 Å². The summed E-state index contributed by atoms with van der Waals surface area (Å²) < 4.78 is 18.8. The molecular formula is C20H24FN3O3. The van der Waals surface area contributed by atoms with Crippen LogP contribution in [-0.4, -0.2) is 29.9 Å². The van der Waals surface area contributed by atoms with Gasteiger partial charge >= 0.3 is 6.03 Å². The maximum atomic E-state index is 13.6. The molecule has 1 atom stereocenters. The Morgan fingerprint density at radius 3 is 2.85 bits per heavy atom. The number of piperidine rings is 1. The zero-order valence-electron chi connectivity index (χ0n) is 15.1. The summed E-state index contributed by atoms with van der Waals surface area (Å²) in [6, 6.07) is 9.59. The van der Waals surface area contributed by atoms with Gasteiger partial charge in [0.2, 0.25) is 5.91 Å². The highest BCUT2D eigenvalue weighted by atomic mass is 19.1. The van der Waals surface area contributed by atoms with Crippen LogP contribution in [0.5, 0.6) is 0 Å². The number of furan rings is 1. The van der Waals surface area contributed by atoms with Crippen molar-refractivity contribution in [3.8, 4) is 0 Å². The number of halogens is 1. The molecular weight excluding hydrogens is 349 g/mol. The van der Waals surface area contributed by atoms with Gasteiger partial charge in [0.15, 0.2) is 0 Å². The van der Waals surface area contributed by atoms with Gasteiger partial charge in [-0.25, -0.2) is 9.18 Å². The fraction of sp³-hybridized carbons (Fsp3) is 0.400. The minimum atomic E-state index is -0.442. The first kappa shape index (κ1) is 18.9. The SMILES string of the molecule is O=C(CCC1CCCN(C(=O)NCc2ccco2)C1)Nc1ccccc1F. The van der Waals surface area contributed by atoms with E-state index >= 15 is 0 Å². The van der Waals surface area contributed by atoms with Crippen molar-refractivity contribution in [1.82, 2.24) is 10.2 Å². The lowest BCUT2D eigenvalue weighted by molar-refractivity contribution is -0.116. The molecule has 3 amide bonds. The van der Waals surface area contributed by atoms with Crippen LogP contribution in [0.1, 0.15) is 31.4 Å². The molecule has 1 aliphatic rings. The van der Waals surface area contributed by atoms with Crippen molar-refractivity contribution in [1.29, 1.82) is 0 Å². The summed E-state index contributed by atoms with van der Waals surface area (Å²) in [7, 11) is 0. The van der Waals surface area contributed by atoms with Gasteiger partial charge in [0.25, 0.3) is 0 Å². The van der Waals surface area contributed by atoms with Gasteiger partial charge in [0, 0.05) is 19.5 Å². The third-order valence-corrected chi connectivity index (χ3v) is 4.73. The largest absolute Gasteiger partial charge is 0.467 e. The Balaban J connectivity index is 1.42. The molecule has 3 rings (SSSR count). The predicted molar refractivity (Wildman–Crippen MR) is 99.5 cm³/mol. The zero-order chi connectivity index (χ0) is 19.1. The number of nitrogens with zero attached hydrogens (tertiary/aromatic N) is 1. The van der Waals surface area contributed by atoms with Crippen molar-refractivity contribution >= 4 is 17.6 Å². The molecule has 0 radical (unpaired) electrons. The Morgan fingerprint density at radius 2 is 2.07 bits per heavy atom. The van der Waals surface area contributed by atoms with E-state index in [0.29, 0.717) is 38.2 Å². The molecule has 2 aromatic rings. The highest BCUT2D eigenvalue weighted by Gasteiger charge is 2.24. The van der Waals surface area contributed by atoms with Crippen LogP contribution in [0, 0.1) is 11.7 Å². The molecule has 1 fully saturated rings. The van der Waals surface area contributed by atoms with Crippen LogP contribution in [-0.2, 0) is 11.3 Å². The standard InChI is InChI=1S/C20H24FN3O3/c21-17-7-1-2-8-18(17)23-19(25)10-9-15-5-3-11-24(14-15)20(26)22-13-16-6-4-12-27-16/h1-2,4,6-8,12,15H,3,5,9-11,13-14H2,(H,22,26)(H,23,25). The van der Waals surface area contributed by atoms with Gasteiger partial charge in [-0.3, -0.25) is 4.79 Å². The molecule has 0 bridgehead atoms. The first-order valence-electron chi connectivity index (χ1n) is 9.21. The highest BCUT2D eigenvalue weighted by Crippen LogP contribution is 2.22. The van der Waals surface area contributed by atoms with Gasteiger partial charge in [-0.1, -0.05) is 12.1 Å². The van der Waals surface area contributed by atoms with Crippen molar-refractivity contribution < 1.29 is 18.4 Å². The monoisotopic (exact) mass is 373 g/mol. The molecule has 1 aromatic heterocycles. The van der Waals surface area contributed by atoms with E-state index in [0.717, 1.165) is 12.8 Å². The number of carbonyl (C=O) groups is 2. The van der Waals surface area contributed by atoms with Crippen molar-refractivity contribution in [3.63, 3.8) is 0 Å². The molecule has 1 saturated heterocycles. The molecule has 27 heavy (non-hydrogen) atoms. The Labute approximate surface area is 157 Å². The number of benzene rings is 1. The molecule has 7 heteroatoms. The van der Waals surface area contributed by atoms with E-state index in [1.807, 2.05) is 6.07 Å². The van der Waals surface area contributed by atoms with E-state index < -0.39 is 5.82 Å². The molecule has 0 spiro atoms. The van der Waals surface area contributed by atoms with Gasteiger partial charge in [0.05, 0.1) is 18.5 Å². The van der Waals surface area contributed by atoms with E-state index in [9.17, 15) is 14.0 Å². The van der Waals surface area contributed by atoms with Crippen LogP contribution in [0.3, 0.4) is 0 Å². The maximum Gasteiger partial charge on any atom is 0.317 e. The summed E-state index contributed by atoms with van der Waals surface area (Å²) in [6.45, 7) is 1.69. The summed E-state index contributed by atoms with van der Waals surface area (Å²) in [5.41, 5.74) is 0.199. The zero-order valence-corrected chi connectivity index (χ0v) is 15.1. The van der Waals surface area contributed by atoms with Crippen molar-refractivity contribution in [2.24, 2.45) is 5.92 Å². The van der Waals surface area contributed by atoms with Gasteiger partial charge < -0.3 is 20.0 Å². The lowest BCUT2D eigenvalue weighted by atomic mass is 9.93. The molecule has 6 nitrogen and oxygen atoms in total. The van der Waals surface area contributed by atoms with Crippen LogP contribution in [0.25, 0.3) is 0 Å². The first-order chi connectivity index (χ1) is 13.1. The fourth-order valence-corrected chi connectivity index (χ4v) is 3.28. The van der Waals surface area contributed by atoms with Crippen molar-refractivity contribution in [3.05, 3.63) is 54.2 Å². The van der Waals surface area contributed by atoms with Gasteiger partial charge in [-0.05, 0) is 49.4 Å². The number of anilines is 1. The number of hydrogen-bond donors (Lipinski definition) is 2. The molecule has 0 saturated carbocycles. The average molecular weight is 373 g/mol. The smallest absolute Gasteiger partial charge is 0.317 e. The number of para-hydroxylation sites is 1. The number of urea groups is 1. The van der Waals surface area contributed by atoms with E-state index in [-0.39, 0.29) is 23.5 Å². The number of likely N-dealkylation sites (tertiary alicyclic amines) is 1. The Bertz CT molecular complexity index is 764. The van der Waals surface area contributed by atoms with Gasteiger partial charge in [-0.2, -0.15) is 0 Å². The summed E-state index contributed by atoms with van der Waals surface area (Å²) in [5, 5.41) is 5.45. The number of rotatable bonds is 6. The average Bonchev–Trinajstić information content (AvgIpc) is 3.20. The van der Waals surface area contributed by atoms with E-state index in [2.05, 4.69) is 10.6 Å². The second-order valence-electron chi connectivity index (χ2n) is 6.76. The summed E-state index contributed by atoms with van der Waals surface area (Å²) in [6.07, 6.45) is 4.44.